The summed E-state index contributed by atoms with van der Waals surface area (Å²) < 4.78 is 1.87. The first-order valence-corrected chi connectivity index (χ1v) is 8.17. The number of nitrogens with one attached hydrogen (secondary N) is 1. The second-order valence-corrected chi connectivity index (χ2v) is 5.97. The van der Waals surface area contributed by atoms with E-state index in [9.17, 15) is 9.59 Å². The maximum Gasteiger partial charge on any atom is 0.273 e. The Labute approximate surface area is 123 Å². The molecule has 1 saturated carbocycles. The standard InChI is InChI=1S/C14H21N3O2S/c1-2-17-9-8-12(18)16-14(17)20-10-13(19)15-11-6-4-3-5-7-11/h8-9,11H,2-7,10H2,1H3,(H,15,19). The average molecular weight is 295 g/mol. The van der Waals surface area contributed by atoms with Crippen LogP contribution in [0.3, 0.4) is 0 Å². The van der Waals surface area contributed by atoms with Gasteiger partial charge >= 0.3 is 0 Å². The minimum Gasteiger partial charge on any atom is -0.353 e. The number of aromatic nitrogens is 2. The van der Waals surface area contributed by atoms with Gasteiger partial charge in [-0.3, -0.25) is 9.59 Å². The van der Waals surface area contributed by atoms with E-state index in [1.54, 1.807) is 6.20 Å². The molecule has 6 heteroatoms. The van der Waals surface area contributed by atoms with Gasteiger partial charge in [0.05, 0.1) is 5.75 Å². The van der Waals surface area contributed by atoms with Crippen LogP contribution in [0.2, 0.25) is 0 Å². The molecule has 0 radical (unpaired) electrons. The minimum absolute atomic E-state index is 0.0302. The Bertz CT molecular complexity index is 509. The van der Waals surface area contributed by atoms with Crippen molar-refractivity contribution in [2.24, 2.45) is 0 Å². The molecule has 0 saturated heterocycles. The van der Waals surface area contributed by atoms with Crippen LogP contribution in [-0.4, -0.2) is 27.3 Å². The van der Waals surface area contributed by atoms with Crippen molar-refractivity contribution < 1.29 is 4.79 Å². The largest absolute Gasteiger partial charge is 0.353 e. The number of hydrogen-bond donors (Lipinski definition) is 1. The molecule has 5 nitrogen and oxygen atoms in total. The summed E-state index contributed by atoms with van der Waals surface area (Å²) >= 11 is 1.32. The number of carbonyl (C=O) groups excluding carboxylic acids is 1. The van der Waals surface area contributed by atoms with Crippen LogP contribution in [0.4, 0.5) is 0 Å². The van der Waals surface area contributed by atoms with Gasteiger partial charge in [0.2, 0.25) is 5.91 Å². The molecule has 0 atom stereocenters. The predicted molar refractivity (Wildman–Crippen MR) is 79.9 cm³/mol. The Morgan fingerprint density at radius 2 is 2.20 bits per heavy atom. The van der Waals surface area contributed by atoms with E-state index in [0.29, 0.717) is 17.0 Å². The molecule has 0 spiro atoms. The van der Waals surface area contributed by atoms with Crippen LogP contribution >= 0.6 is 11.8 Å². The summed E-state index contributed by atoms with van der Waals surface area (Å²) in [6.07, 6.45) is 7.56. The van der Waals surface area contributed by atoms with Gasteiger partial charge in [0.1, 0.15) is 0 Å². The van der Waals surface area contributed by atoms with E-state index in [1.165, 1.54) is 37.1 Å². The number of amides is 1. The monoisotopic (exact) mass is 295 g/mol. The van der Waals surface area contributed by atoms with Crippen LogP contribution in [0.25, 0.3) is 0 Å². The van der Waals surface area contributed by atoms with Gasteiger partial charge in [0.15, 0.2) is 5.16 Å². The Balaban J connectivity index is 1.86. The first-order valence-electron chi connectivity index (χ1n) is 7.18. The van der Waals surface area contributed by atoms with Crippen molar-refractivity contribution in [2.75, 3.05) is 5.75 Å². The molecule has 1 aromatic heterocycles. The van der Waals surface area contributed by atoms with Crippen molar-refractivity contribution in [1.82, 2.24) is 14.9 Å². The molecule has 2 rings (SSSR count). The summed E-state index contributed by atoms with van der Waals surface area (Å²) in [4.78, 5) is 27.2. The number of rotatable bonds is 5. The summed E-state index contributed by atoms with van der Waals surface area (Å²) in [5, 5.41) is 3.68. The molecule has 1 aromatic rings. The second kappa shape index (κ2) is 7.47. The summed E-state index contributed by atoms with van der Waals surface area (Å²) in [5.41, 5.74) is -0.259. The van der Waals surface area contributed by atoms with E-state index in [0.717, 1.165) is 19.4 Å². The number of hydrogen-bond acceptors (Lipinski definition) is 4. The van der Waals surface area contributed by atoms with Crippen LogP contribution in [0.5, 0.6) is 0 Å². The highest BCUT2D eigenvalue weighted by Gasteiger charge is 2.16. The summed E-state index contributed by atoms with van der Waals surface area (Å²) in [6.45, 7) is 2.72. The zero-order chi connectivity index (χ0) is 14.4. The smallest absolute Gasteiger partial charge is 0.273 e. The fourth-order valence-corrected chi connectivity index (χ4v) is 3.27. The number of carbonyl (C=O) groups is 1. The Morgan fingerprint density at radius 3 is 2.90 bits per heavy atom. The fraction of sp³-hybridized carbons (Fsp3) is 0.643. The zero-order valence-electron chi connectivity index (χ0n) is 11.8. The highest BCUT2D eigenvalue weighted by Crippen LogP contribution is 2.18. The van der Waals surface area contributed by atoms with Crippen LogP contribution in [0.15, 0.2) is 22.2 Å². The van der Waals surface area contributed by atoms with Crippen molar-refractivity contribution in [3.05, 3.63) is 22.6 Å². The number of thioether (sulfide) groups is 1. The van der Waals surface area contributed by atoms with Gasteiger partial charge in [-0.25, -0.2) is 0 Å². The fourth-order valence-electron chi connectivity index (χ4n) is 2.42. The SMILES string of the molecule is CCn1ccc(=O)nc1SCC(=O)NC1CCCCC1. The van der Waals surface area contributed by atoms with Crippen molar-refractivity contribution in [3.8, 4) is 0 Å². The second-order valence-electron chi connectivity index (χ2n) is 5.03. The summed E-state index contributed by atoms with van der Waals surface area (Å²) in [5.74, 6) is 0.343. The lowest BCUT2D eigenvalue weighted by Crippen LogP contribution is -2.37. The molecule has 20 heavy (non-hydrogen) atoms. The van der Waals surface area contributed by atoms with Crippen molar-refractivity contribution in [3.63, 3.8) is 0 Å². The molecule has 1 N–H and O–H groups in total. The molecule has 0 unspecified atom stereocenters. The molecular weight excluding hydrogens is 274 g/mol. The maximum absolute atomic E-state index is 11.9. The zero-order valence-corrected chi connectivity index (χ0v) is 12.6. The predicted octanol–water partition coefficient (Wildman–Crippen LogP) is 1.80. The van der Waals surface area contributed by atoms with Crippen LogP contribution in [-0.2, 0) is 11.3 Å². The highest BCUT2D eigenvalue weighted by molar-refractivity contribution is 7.99. The van der Waals surface area contributed by atoms with Gasteiger partial charge in [0, 0.05) is 24.8 Å². The van der Waals surface area contributed by atoms with Gasteiger partial charge in [-0.2, -0.15) is 4.98 Å². The van der Waals surface area contributed by atoms with Crippen molar-refractivity contribution >= 4 is 17.7 Å². The van der Waals surface area contributed by atoms with Crippen LogP contribution in [0.1, 0.15) is 39.0 Å². The van der Waals surface area contributed by atoms with E-state index in [2.05, 4.69) is 10.3 Å². The number of aryl methyl sites for hydroxylation is 1. The topological polar surface area (TPSA) is 64.0 Å². The number of nitrogens with zero attached hydrogens (tertiary/aromatic N) is 2. The van der Waals surface area contributed by atoms with Gasteiger partial charge in [-0.1, -0.05) is 31.0 Å². The molecule has 110 valence electrons. The van der Waals surface area contributed by atoms with Crippen molar-refractivity contribution in [1.29, 1.82) is 0 Å². The molecule has 0 bridgehead atoms. The normalized spacial score (nSPS) is 16.1. The van der Waals surface area contributed by atoms with E-state index >= 15 is 0 Å². The lowest BCUT2D eigenvalue weighted by atomic mass is 9.95. The Kier molecular flexibility index (Phi) is 5.64. The van der Waals surface area contributed by atoms with Gasteiger partial charge in [-0.15, -0.1) is 0 Å². The maximum atomic E-state index is 11.9. The molecule has 0 aliphatic heterocycles. The summed E-state index contributed by atoms with van der Waals surface area (Å²) in [6, 6.07) is 1.77. The Morgan fingerprint density at radius 1 is 1.45 bits per heavy atom. The van der Waals surface area contributed by atoms with Gasteiger partial charge in [-0.05, 0) is 19.8 Å². The first kappa shape index (κ1) is 15.1. The molecule has 1 aliphatic rings. The lowest BCUT2D eigenvalue weighted by molar-refractivity contribution is -0.119. The molecule has 1 heterocycles. The van der Waals surface area contributed by atoms with E-state index < -0.39 is 0 Å². The van der Waals surface area contributed by atoms with Gasteiger partial charge < -0.3 is 9.88 Å². The van der Waals surface area contributed by atoms with E-state index in [4.69, 9.17) is 0 Å². The molecule has 1 amide bonds. The average Bonchev–Trinajstić information content (AvgIpc) is 2.46. The van der Waals surface area contributed by atoms with Crippen molar-refractivity contribution in [2.45, 2.75) is 56.8 Å². The quantitative estimate of drug-likeness (QED) is 0.664. The molecule has 0 aromatic carbocycles. The minimum atomic E-state index is -0.259. The van der Waals surface area contributed by atoms with Crippen LogP contribution < -0.4 is 10.9 Å². The molecular formula is C14H21N3O2S. The first-order chi connectivity index (χ1) is 9.69. The highest BCUT2D eigenvalue weighted by atomic mass is 32.2. The van der Waals surface area contributed by atoms with Crippen LogP contribution in [0, 0.1) is 0 Å². The van der Waals surface area contributed by atoms with Gasteiger partial charge in [0.25, 0.3) is 5.56 Å². The third-order valence-corrected chi connectivity index (χ3v) is 4.48. The third kappa shape index (κ3) is 4.37. The van der Waals surface area contributed by atoms with E-state index in [-0.39, 0.29) is 11.5 Å². The lowest BCUT2D eigenvalue weighted by Gasteiger charge is -2.22. The summed E-state index contributed by atoms with van der Waals surface area (Å²) in [7, 11) is 0. The Hall–Kier alpha value is -1.30. The van der Waals surface area contributed by atoms with E-state index in [1.807, 2.05) is 11.5 Å². The molecule has 1 aliphatic carbocycles. The molecule has 1 fully saturated rings. The third-order valence-electron chi connectivity index (χ3n) is 3.49.